The predicted molar refractivity (Wildman–Crippen MR) is 72.7 cm³/mol. The molecule has 0 aliphatic heterocycles. The van der Waals surface area contributed by atoms with Crippen molar-refractivity contribution in [2.45, 2.75) is 13.0 Å². The number of hydrogen-bond acceptors (Lipinski definition) is 6. The quantitative estimate of drug-likeness (QED) is 0.370. The van der Waals surface area contributed by atoms with Gasteiger partial charge in [0.2, 0.25) is 0 Å². The summed E-state index contributed by atoms with van der Waals surface area (Å²) in [7, 11) is 1.40. The number of hydrogen-bond donors (Lipinski definition) is 3. The lowest BCUT2D eigenvalue weighted by atomic mass is 10.2. The number of nitrogens with one attached hydrogen (secondary N) is 2. The molecule has 1 aromatic rings. The number of nitro groups is 1. The Morgan fingerprint density at radius 1 is 1.47 bits per heavy atom. The van der Waals surface area contributed by atoms with Crippen molar-refractivity contribution in [3.8, 4) is 5.75 Å². The molecular weight excluding hydrogens is 250 g/mol. The minimum atomic E-state index is -0.479. The Labute approximate surface area is 111 Å². The van der Waals surface area contributed by atoms with E-state index in [1.54, 1.807) is 19.1 Å². The summed E-state index contributed by atoms with van der Waals surface area (Å²) < 4.78 is 4.98. The molecule has 7 nitrogen and oxygen atoms in total. The average molecular weight is 269 g/mol. The zero-order valence-electron chi connectivity index (χ0n) is 11.0. The van der Waals surface area contributed by atoms with Crippen molar-refractivity contribution >= 4 is 11.4 Å². The van der Waals surface area contributed by atoms with Crippen LogP contribution in [0.5, 0.6) is 5.75 Å². The maximum Gasteiger partial charge on any atom is 0.311 e. The van der Waals surface area contributed by atoms with Gasteiger partial charge in [-0.2, -0.15) is 0 Å². The van der Waals surface area contributed by atoms with Crippen molar-refractivity contribution in [2.75, 3.05) is 32.1 Å². The van der Waals surface area contributed by atoms with Gasteiger partial charge in [-0.05, 0) is 13.0 Å². The summed E-state index contributed by atoms with van der Waals surface area (Å²) in [6.07, 6.45) is -0.375. The zero-order valence-corrected chi connectivity index (χ0v) is 11.0. The third-order valence-electron chi connectivity index (χ3n) is 2.45. The molecule has 0 aliphatic carbocycles. The second kappa shape index (κ2) is 7.55. The maximum atomic E-state index is 10.7. The summed E-state index contributed by atoms with van der Waals surface area (Å²) >= 11 is 0. The molecule has 0 radical (unpaired) electrons. The number of anilines is 1. The van der Waals surface area contributed by atoms with Crippen molar-refractivity contribution in [1.29, 1.82) is 0 Å². The van der Waals surface area contributed by atoms with Gasteiger partial charge < -0.3 is 20.5 Å². The highest BCUT2D eigenvalue weighted by Gasteiger charge is 2.14. The Bertz CT molecular complexity index is 423. The van der Waals surface area contributed by atoms with Crippen LogP contribution in [0, 0.1) is 10.1 Å². The van der Waals surface area contributed by atoms with Gasteiger partial charge >= 0.3 is 5.69 Å². The van der Waals surface area contributed by atoms with E-state index >= 15 is 0 Å². The van der Waals surface area contributed by atoms with Crippen LogP contribution in [0.2, 0.25) is 0 Å². The smallest absolute Gasteiger partial charge is 0.311 e. The highest BCUT2D eigenvalue weighted by atomic mass is 16.6. The first-order valence-corrected chi connectivity index (χ1v) is 5.99. The molecule has 1 unspecified atom stereocenters. The normalized spacial score (nSPS) is 11.9. The Kier molecular flexibility index (Phi) is 6.04. The van der Waals surface area contributed by atoms with E-state index in [1.807, 2.05) is 0 Å². The summed E-state index contributed by atoms with van der Waals surface area (Å²) in [5.41, 5.74) is 0.696. The fraction of sp³-hybridized carbons (Fsp3) is 0.500. The van der Waals surface area contributed by atoms with Crippen LogP contribution >= 0.6 is 0 Å². The summed E-state index contributed by atoms with van der Waals surface area (Å²) in [6, 6.07) is 4.63. The Morgan fingerprint density at radius 2 is 2.21 bits per heavy atom. The third-order valence-corrected chi connectivity index (χ3v) is 2.45. The summed E-state index contributed by atoms with van der Waals surface area (Å²) in [6.45, 7) is 3.57. The SMILES string of the molecule is COc1cc(NCCNCC(C)O)ccc1[N+](=O)[O-]. The zero-order chi connectivity index (χ0) is 14.3. The molecule has 1 rings (SSSR count). The van der Waals surface area contributed by atoms with E-state index in [0.29, 0.717) is 19.6 Å². The van der Waals surface area contributed by atoms with Crippen molar-refractivity contribution < 1.29 is 14.8 Å². The van der Waals surface area contributed by atoms with E-state index < -0.39 is 4.92 Å². The van der Waals surface area contributed by atoms with E-state index in [1.165, 1.54) is 13.2 Å². The lowest BCUT2D eigenvalue weighted by Crippen LogP contribution is -2.28. The molecule has 19 heavy (non-hydrogen) atoms. The van der Waals surface area contributed by atoms with Gasteiger partial charge in [-0.15, -0.1) is 0 Å². The van der Waals surface area contributed by atoms with Gasteiger partial charge in [0.25, 0.3) is 0 Å². The first-order valence-electron chi connectivity index (χ1n) is 5.99. The average Bonchev–Trinajstić information content (AvgIpc) is 2.37. The number of nitrogens with zero attached hydrogens (tertiary/aromatic N) is 1. The molecule has 1 aromatic carbocycles. The van der Waals surface area contributed by atoms with Crippen molar-refractivity contribution in [1.82, 2.24) is 5.32 Å². The second-order valence-electron chi connectivity index (χ2n) is 4.12. The second-order valence-corrected chi connectivity index (χ2v) is 4.12. The highest BCUT2D eigenvalue weighted by molar-refractivity contribution is 5.57. The number of aliphatic hydroxyl groups is 1. The number of benzene rings is 1. The first kappa shape index (κ1) is 15.2. The van der Waals surface area contributed by atoms with Crippen LogP contribution in [-0.4, -0.2) is 42.9 Å². The van der Waals surface area contributed by atoms with Gasteiger partial charge in [0.15, 0.2) is 5.75 Å². The lowest BCUT2D eigenvalue weighted by molar-refractivity contribution is -0.385. The molecule has 1 atom stereocenters. The molecule has 3 N–H and O–H groups in total. The number of rotatable bonds is 8. The monoisotopic (exact) mass is 269 g/mol. The molecular formula is C12H19N3O4. The van der Waals surface area contributed by atoms with Crippen LogP contribution in [0.1, 0.15) is 6.92 Å². The van der Waals surface area contributed by atoms with E-state index in [9.17, 15) is 10.1 Å². The fourth-order valence-electron chi connectivity index (χ4n) is 1.54. The third kappa shape index (κ3) is 5.11. The number of ether oxygens (including phenoxy) is 1. The van der Waals surface area contributed by atoms with E-state index in [4.69, 9.17) is 9.84 Å². The van der Waals surface area contributed by atoms with E-state index in [2.05, 4.69) is 10.6 Å². The first-order chi connectivity index (χ1) is 9.04. The van der Waals surface area contributed by atoms with Crippen LogP contribution in [-0.2, 0) is 0 Å². The maximum absolute atomic E-state index is 10.7. The highest BCUT2D eigenvalue weighted by Crippen LogP contribution is 2.29. The molecule has 0 heterocycles. The fourth-order valence-corrected chi connectivity index (χ4v) is 1.54. The molecule has 106 valence electrons. The van der Waals surface area contributed by atoms with Gasteiger partial charge in [-0.3, -0.25) is 10.1 Å². The predicted octanol–water partition coefficient (Wildman–Crippen LogP) is 0.986. The van der Waals surface area contributed by atoms with E-state index in [0.717, 1.165) is 5.69 Å². The molecule has 0 aliphatic rings. The van der Waals surface area contributed by atoms with Gasteiger partial charge in [-0.1, -0.05) is 0 Å². The summed E-state index contributed by atoms with van der Waals surface area (Å²) in [5, 5.41) is 26.0. The van der Waals surface area contributed by atoms with Crippen LogP contribution < -0.4 is 15.4 Å². The number of methoxy groups -OCH3 is 1. The summed E-state index contributed by atoms with van der Waals surface area (Å²) in [4.78, 5) is 10.2. The Balaban J connectivity index is 2.49. The van der Waals surface area contributed by atoms with Crippen LogP contribution in [0.3, 0.4) is 0 Å². The number of aliphatic hydroxyl groups excluding tert-OH is 1. The Morgan fingerprint density at radius 3 is 2.79 bits per heavy atom. The largest absolute Gasteiger partial charge is 0.490 e. The molecule has 0 bridgehead atoms. The van der Waals surface area contributed by atoms with Crippen molar-refractivity contribution in [3.63, 3.8) is 0 Å². The van der Waals surface area contributed by atoms with Crippen LogP contribution in [0.15, 0.2) is 18.2 Å². The van der Waals surface area contributed by atoms with Gasteiger partial charge in [0.05, 0.1) is 18.1 Å². The van der Waals surface area contributed by atoms with Gasteiger partial charge in [0, 0.05) is 37.5 Å². The minimum Gasteiger partial charge on any atom is -0.490 e. The molecule has 7 heteroatoms. The Hall–Kier alpha value is -1.86. The minimum absolute atomic E-state index is 0.0553. The van der Waals surface area contributed by atoms with Crippen molar-refractivity contribution in [2.24, 2.45) is 0 Å². The summed E-state index contributed by atoms with van der Waals surface area (Å²) in [5.74, 6) is 0.229. The van der Waals surface area contributed by atoms with Gasteiger partial charge in [0.1, 0.15) is 0 Å². The molecule has 0 saturated heterocycles. The van der Waals surface area contributed by atoms with Crippen molar-refractivity contribution in [3.05, 3.63) is 28.3 Å². The van der Waals surface area contributed by atoms with Crippen LogP contribution in [0.25, 0.3) is 0 Å². The lowest BCUT2D eigenvalue weighted by Gasteiger charge is -2.10. The van der Waals surface area contributed by atoms with Gasteiger partial charge in [-0.25, -0.2) is 0 Å². The van der Waals surface area contributed by atoms with E-state index in [-0.39, 0.29) is 17.5 Å². The molecule has 0 amide bonds. The molecule has 0 fully saturated rings. The van der Waals surface area contributed by atoms with Crippen LogP contribution in [0.4, 0.5) is 11.4 Å². The standard InChI is InChI=1S/C12H19N3O4/c1-9(16)8-13-5-6-14-10-3-4-11(15(17)18)12(7-10)19-2/h3-4,7,9,13-14,16H,5-6,8H2,1-2H3. The molecule has 0 saturated carbocycles. The topological polar surface area (TPSA) is 96.7 Å². The molecule has 0 aromatic heterocycles. The number of nitro benzene ring substituents is 1. The molecule has 0 spiro atoms.